The van der Waals surface area contributed by atoms with Gasteiger partial charge in [0.1, 0.15) is 5.75 Å². The average Bonchev–Trinajstić information content (AvgIpc) is 2.62. The first-order valence-electron chi connectivity index (χ1n) is 6.62. The van der Waals surface area contributed by atoms with Gasteiger partial charge in [-0.15, -0.1) is 0 Å². The molecule has 0 amide bonds. The molecule has 0 radical (unpaired) electrons. The maximum atomic E-state index is 6.14. The molecule has 1 heterocycles. The van der Waals surface area contributed by atoms with Crippen LogP contribution in [0.2, 0.25) is 0 Å². The fourth-order valence-electron chi connectivity index (χ4n) is 3.30. The second kappa shape index (κ2) is 3.44. The van der Waals surface area contributed by atoms with Crippen LogP contribution in [0.15, 0.2) is 18.2 Å². The van der Waals surface area contributed by atoms with Crippen molar-refractivity contribution in [1.82, 2.24) is 9.55 Å². The SMILES string of the molecule is COc1ccc2c(c1)nc(N)n2C1C(C)(C)C1(C)C. The van der Waals surface area contributed by atoms with E-state index in [9.17, 15) is 0 Å². The second-order valence-electron chi connectivity index (χ2n) is 6.54. The van der Waals surface area contributed by atoms with Crippen molar-refractivity contribution in [2.75, 3.05) is 12.8 Å². The lowest BCUT2D eigenvalue weighted by Gasteiger charge is -2.09. The quantitative estimate of drug-likeness (QED) is 0.900. The van der Waals surface area contributed by atoms with Crippen LogP contribution in [0, 0.1) is 10.8 Å². The zero-order valence-electron chi connectivity index (χ0n) is 12.2. The summed E-state index contributed by atoms with van der Waals surface area (Å²) >= 11 is 0. The van der Waals surface area contributed by atoms with Gasteiger partial charge in [-0.3, -0.25) is 0 Å². The molecular weight excluding hydrogens is 238 g/mol. The van der Waals surface area contributed by atoms with Crippen molar-refractivity contribution in [3.63, 3.8) is 0 Å². The highest BCUT2D eigenvalue weighted by Crippen LogP contribution is 2.72. The average molecular weight is 259 g/mol. The Labute approximate surface area is 113 Å². The Morgan fingerprint density at radius 3 is 2.37 bits per heavy atom. The van der Waals surface area contributed by atoms with Gasteiger partial charge in [-0.1, -0.05) is 27.7 Å². The van der Waals surface area contributed by atoms with Crippen molar-refractivity contribution in [2.24, 2.45) is 10.8 Å². The van der Waals surface area contributed by atoms with Gasteiger partial charge in [0.25, 0.3) is 0 Å². The molecule has 4 heteroatoms. The first-order chi connectivity index (χ1) is 8.80. The zero-order valence-corrected chi connectivity index (χ0v) is 12.2. The summed E-state index contributed by atoms with van der Waals surface area (Å²) in [5.41, 5.74) is 8.58. The first kappa shape index (κ1) is 12.3. The topological polar surface area (TPSA) is 53.1 Å². The van der Waals surface area contributed by atoms with Crippen LogP contribution in [0.4, 0.5) is 5.95 Å². The molecule has 2 N–H and O–H groups in total. The molecule has 0 saturated heterocycles. The van der Waals surface area contributed by atoms with E-state index >= 15 is 0 Å². The molecule has 0 spiro atoms. The molecular formula is C15H21N3O. The van der Waals surface area contributed by atoms with Gasteiger partial charge in [-0.25, -0.2) is 4.98 Å². The summed E-state index contributed by atoms with van der Waals surface area (Å²) in [5, 5.41) is 0. The number of methoxy groups -OCH3 is 1. The molecule has 1 aliphatic rings. The standard InChI is InChI=1S/C15H21N3O/c1-14(2)12(15(14,3)4)18-11-7-6-9(19-5)8-10(11)17-13(18)16/h6-8,12H,1-5H3,(H2,16,17). The maximum Gasteiger partial charge on any atom is 0.201 e. The molecule has 1 aromatic carbocycles. The third-order valence-electron chi connectivity index (χ3n) is 5.13. The number of benzene rings is 1. The number of anilines is 1. The van der Waals surface area contributed by atoms with E-state index in [1.165, 1.54) is 0 Å². The number of aromatic nitrogens is 2. The molecule has 1 aliphatic carbocycles. The summed E-state index contributed by atoms with van der Waals surface area (Å²) in [6.45, 7) is 9.14. The molecule has 102 valence electrons. The Hall–Kier alpha value is -1.71. The second-order valence-corrected chi connectivity index (χ2v) is 6.54. The van der Waals surface area contributed by atoms with Crippen LogP contribution < -0.4 is 10.5 Å². The first-order valence-corrected chi connectivity index (χ1v) is 6.62. The molecule has 0 aliphatic heterocycles. The normalized spacial score (nSPS) is 20.7. The number of imidazole rings is 1. The largest absolute Gasteiger partial charge is 0.497 e. The minimum atomic E-state index is 0.231. The lowest BCUT2D eigenvalue weighted by atomic mass is 10.0. The smallest absolute Gasteiger partial charge is 0.201 e. The summed E-state index contributed by atoms with van der Waals surface area (Å²) in [5.74, 6) is 1.40. The lowest BCUT2D eigenvalue weighted by molar-refractivity contribution is 0.415. The van der Waals surface area contributed by atoms with Crippen molar-refractivity contribution in [1.29, 1.82) is 0 Å². The summed E-state index contributed by atoms with van der Waals surface area (Å²) in [6.07, 6.45) is 0. The Morgan fingerprint density at radius 1 is 1.21 bits per heavy atom. The minimum absolute atomic E-state index is 0.231. The van der Waals surface area contributed by atoms with E-state index in [0.29, 0.717) is 12.0 Å². The predicted octanol–water partition coefficient (Wildman–Crippen LogP) is 3.23. The molecule has 19 heavy (non-hydrogen) atoms. The van der Waals surface area contributed by atoms with Crippen LogP contribution in [0.5, 0.6) is 5.75 Å². The van der Waals surface area contributed by atoms with Crippen LogP contribution in [0.25, 0.3) is 11.0 Å². The third-order valence-corrected chi connectivity index (χ3v) is 5.13. The number of ether oxygens (including phenoxy) is 1. The van der Waals surface area contributed by atoms with E-state index in [-0.39, 0.29) is 10.8 Å². The fraction of sp³-hybridized carbons (Fsp3) is 0.533. The Bertz CT molecular complexity index is 641. The predicted molar refractivity (Wildman–Crippen MR) is 77.3 cm³/mol. The van der Waals surface area contributed by atoms with Gasteiger partial charge < -0.3 is 15.0 Å². The van der Waals surface area contributed by atoms with E-state index in [1.54, 1.807) is 7.11 Å². The number of hydrogen-bond acceptors (Lipinski definition) is 3. The van der Waals surface area contributed by atoms with Crippen molar-refractivity contribution in [3.05, 3.63) is 18.2 Å². The van der Waals surface area contributed by atoms with Crippen LogP contribution in [-0.4, -0.2) is 16.7 Å². The number of nitrogens with two attached hydrogens (primary N) is 1. The number of nitrogen functional groups attached to an aromatic ring is 1. The van der Waals surface area contributed by atoms with Crippen LogP contribution in [0.3, 0.4) is 0 Å². The van der Waals surface area contributed by atoms with E-state index < -0.39 is 0 Å². The maximum absolute atomic E-state index is 6.14. The number of hydrogen-bond donors (Lipinski definition) is 1. The molecule has 0 unspecified atom stereocenters. The number of rotatable bonds is 2. The molecule has 1 fully saturated rings. The van der Waals surface area contributed by atoms with E-state index in [1.807, 2.05) is 18.2 Å². The van der Waals surface area contributed by atoms with Gasteiger partial charge in [0.05, 0.1) is 18.1 Å². The van der Waals surface area contributed by atoms with Gasteiger partial charge in [0, 0.05) is 12.1 Å². The minimum Gasteiger partial charge on any atom is -0.497 e. The van der Waals surface area contributed by atoms with Gasteiger partial charge in [0.15, 0.2) is 0 Å². The van der Waals surface area contributed by atoms with Gasteiger partial charge in [-0.2, -0.15) is 0 Å². The Morgan fingerprint density at radius 2 is 1.84 bits per heavy atom. The Balaban J connectivity index is 2.18. The van der Waals surface area contributed by atoms with Crippen LogP contribution in [-0.2, 0) is 0 Å². The molecule has 1 saturated carbocycles. The van der Waals surface area contributed by atoms with Crippen LogP contribution in [0.1, 0.15) is 33.7 Å². The van der Waals surface area contributed by atoms with Crippen LogP contribution >= 0.6 is 0 Å². The molecule has 1 aromatic heterocycles. The van der Waals surface area contributed by atoms with Crippen molar-refractivity contribution >= 4 is 17.0 Å². The van der Waals surface area contributed by atoms with E-state index in [0.717, 1.165) is 16.8 Å². The molecule has 0 atom stereocenters. The zero-order chi connectivity index (χ0) is 14.0. The van der Waals surface area contributed by atoms with Gasteiger partial charge in [-0.05, 0) is 23.0 Å². The number of nitrogens with zero attached hydrogens (tertiary/aromatic N) is 2. The van der Waals surface area contributed by atoms with E-state index in [4.69, 9.17) is 10.5 Å². The van der Waals surface area contributed by atoms with Crippen molar-refractivity contribution in [3.8, 4) is 5.75 Å². The monoisotopic (exact) mass is 259 g/mol. The summed E-state index contributed by atoms with van der Waals surface area (Å²) in [7, 11) is 1.66. The molecule has 2 aromatic rings. The fourth-order valence-corrected chi connectivity index (χ4v) is 3.30. The lowest BCUT2D eigenvalue weighted by Crippen LogP contribution is -2.05. The molecule has 4 nitrogen and oxygen atoms in total. The van der Waals surface area contributed by atoms with E-state index in [2.05, 4.69) is 37.2 Å². The summed E-state index contributed by atoms with van der Waals surface area (Å²) in [4.78, 5) is 4.47. The summed E-state index contributed by atoms with van der Waals surface area (Å²) in [6, 6.07) is 6.33. The molecule has 0 bridgehead atoms. The van der Waals surface area contributed by atoms with Crippen molar-refractivity contribution in [2.45, 2.75) is 33.7 Å². The number of fused-ring (bicyclic) bond motifs is 1. The highest BCUT2D eigenvalue weighted by molar-refractivity contribution is 5.80. The van der Waals surface area contributed by atoms with Gasteiger partial charge >= 0.3 is 0 Å². The highest BCUT2D eigenvalue weighted by atomic mass is 16.5. The Kier molecular flexibility index (Phi) is 2.23. The third kappa shape index (κ3) is 1.43. The summed E-state index contributed by atoms with van der Waals surface area (Å²) < 4.78 is 7.41. The molecule has 3 rings (SSSR count). The highest BCUT2D eigenvalue weighted by Gasteiger charge is 2.66. The van der Waals surface area contributed by atoms with Gasteiger partial charge in [0.2, 0.25) is 5.95 Å². The van der Waals surface area contributed by atoms with Crippen molar-refractivity contribution < 1.29 is 4.74 Å².